The van der Waals surface area contributed by atoms with Gasteiger partial charge < -0.3 is 4.74 Å². The van der Waals surface area contributed by atoms with E-state index in [-0.39, 0.29) is 29.7 Å². The minimum absolute atomic E-state index is 0.158. The number of hydrogen-bond acceptors (Lipinski definition) is 3. The van der Waals surface area contributed by atoms with Crippen molar-refractivity contribution >= 4 is 11.9 Å². The number of carbonyl (C=O) groups excluding carboxylic acids is 2. The third kappa shape index (κ3) is 7.10. The van der Waals surface area contributed by atoms with Crippen LogP contribution in [0, 0.1) is 23.7 Å². The van der Waals surface area contributed by atoms with Gasteiger partial charge in [0.25, 0.3) is 0 Å². The van der Waals surface area contributed by atoms with E-state index in [9.17, 15) is 9.59 Å². The van der Waals surface area contributed by atoms with Crippen molar-refractivity contribution in [3.8, 4) is 0 Å². The van der Waals surface area contributed by atoms with E-state index in [4.69, 9.17) is 4.74 Å². The highest BCUT2D eigenvalue weighted by Crippen LogP contribution is 2.24. The molecule has 21 heavy (non-hydrogen) atoms. The molecule has 124 valence electrons. The predicted octanol–water partition coefficient (Wildman–Crippen LogP) is 4.98. The first-order valence-electron chi connectivity index (χ1n) is 8.66. The fraction of sp³-hybridized carbons (Fsp3) is 0.889. The molecule has 3 heteroatoms. The second-order valence-electron chi connectivity index (χ2n) is 6.34. The standard InChI is InChI=1S/C18H34O3/c1-7-11-13(5)16(10-4)18(20)21-17(19)14(6)12-15(8-2)9-3/h13-16H,7-12H2,1-6H3. The molecule has 0 amide bonds. The van der Waals surface area contributed by atoms with E-state index in [1.807, 2.05) is 13.8 Å². The molecule has 3 nitrogen and oxygen atoms in total. The summed E-state index contributed by atoms with van der Waals surface area (Å²) >= 11 is 0. The lowest BCUT2D eigenvalue weighted by Crippen LogP contribution is -2.29. The molecule has 0 fully saturated rings. The summed E-state index contributed by atoms with van der Waals surface area (Å²) in [7, 11) is 0. The van der Waals surface area contributed by atoms with Crippen LogP contribution in [-0.4, -0.2) is 11.9 Å². The van der Waals surface area contributed by atoms with Crippen molar-refractivity contribution in [1.29, 1.82) is 0 Å². The Morgan fingerprint density at radius 1 is 0.905 bits per heavy atom. The van der Waals surface area contributed by atoms with Crippen LogP contribution in [0.2, 0.25) is 0 Å². The molecule has 0 radical (unpaired) electrons. The summed E-state index contributed by atoms with van der Waals surface area (Å²) < 4.78 is 5.14. The second kappa shape index (κ2) is 10.8. The van der Waals surface area contributed by atoms with Crippen LogP contribution >= 0.6 is 0 Å². The number of rotatable bonds is 10. The summed E-state index contributed by atoms with van der Waals surface area (Å²) in [5.74, 6) is -0.237. The zero-order chi connectivity index (χ0) is 16.4. The van der Waals surface area contributed by atoms with Gasteiger partial charge >= 0.3 is 11.9 Å². The topological polar surface area (TPSA) is 43.4 Å². The molecule has 0 aliphatic rings. The number of esters is 2. The highest BCUT2D eigenvalue weighted by Gasteiger charge is 2.28. The molecule has 0 heterocycles. The molecule has 3 unspecified atom stereocenters. The maximum atomic E-state index is 12.2. The van der Waals surface area contributed by atoms with Crippen molar-refractivity contribution in [1.82, 2.24) is 0 Å². The Hall–Kier alpha value is -0.860. The summed E-state index contributed by atoms with van der Waals surface area (Å²) in [5.41, 5.74) is 0. The highest BCUT2D eigenvalue weighted by atomic mass is 16.6. The summed E-state index contributed by atoms with van der Waals surface area (Å²) in [4.78, 5) is 24.3. The molecule has 0 saturated carbocycles. The lowest BCUT2D eigenvalue weighted by molar-refractivity contribution is -0.166. The van der Waals surface area contributed by atoms with Gasteiger partial charge in [-0.3, -0.25) is 9.59 Å². The lowest BCUT2D eigenvalue weighted by atomic mass is 9.88. The van der Waals surface area contributed by atoms with Crippen molar-refractivity contribution in [2.24, 2.45) is 23.7 Å². The van der Waals surface area contributed by atoms with Gasteiger partial charge in [-0.1, -0.05) is 67.2 Å². The van der Waals surface area contributed by atoms with Crippen molar-refractivity contribution in [3.05, 3.63) is 0 Å². The minimum Gasteiger partial charge on any atom is -0.393 e. The highest BCUT2D eigenvalue weighted by molar-refractivity contribution is 5.87. The van der Waals surface area contributed by atoms with Crippen LogP contribution in [-0.2, 0) is 14.3 Å². The van der Waals surface area contributed by atoms with E-state index in [0.717, 1.165) is 38.5 Å². The van der Waals surface area contributed by atoms with E-state index in [1.165, 1.54) is 0 Å². The second-order valence-corrected chi connectivity index (χ2v) is 6.34. The predicted molar refractivity (Wildman–Crippen MR) is 86.8 cm³/mol. The maximum Gasteiger partial charge on any atom is 0.316 e. The van der Waals surface area contributed by atoms with Gasteiger partial charge in [0.05, 0.1) is 11.8 Å². The molecule has 0 saturated heterocycles. The van der Waals surface area contributed by atoms with Gasteiger partial charge in [-0.2, -0.15) is 0 Å². The van der Waals surface area contributed by atoms with Crippen molar-refractivity contribution < 1.29 is 14.3 Å². The smallest absolute Gasteiger partial charge is 0.316 e. The largest absolute Gasteiger partial charge is 0.393 e. The molecule has 0 N–H and O–H groups in total. The number of hydrogen-bond donors (Lipinski definition) is 0. The molecule has 0 bridgehead atoms. The number of carbonyl (C=O) groups is 2. The Bertz CT molecular complexity index is 308. The molecular weight excluding hydrogens is 264 g/mol. The van der Waals surface area contributed by atoms with Crippen molar-refractivity contribution in [2.45, 2.75) is 80.1 Å². The van der Waals surface area contributed by atoms with Gasteiger partial charge in [0.15, 0.2) is 0 Å². The van der Waals surface area contributed by atoms with Crippen molar-refractivity contribution in [2.75, 3.05) is 0 Å². The van der Waals surface area contributed by atoms with Crippen LogP contribution in [0.3, 0.4) is 0 Å². The lowest BCUT2D eigenvalue weighted by Gasteiger charge is -2.22. The molecule has 0 aromatic carbocycles. The zero-order valence-corrected chi connectivity index (χ0v) is 14.8. The van der Waals surface area contributed by atoms with Crippen LogP contribution < -0.4 is 0 Å². The quantitative estimate of drug-likeness (QED) is 0.422. The van der Waals surface area contributed by atoms with Gasteiger partial charge in [-0.05, 0) is 24.7 Å². The Morgan fingerprint density at radius 2 is 1.48 bits per heavy atom. The fourth-order valence-electron chi connectivity index (χ4n) is 2.95. The maximum absolute atomic E-state index is 12.2. The van der Waals surface area contributed by atoms with E-state index in [2.05, 4.69) is 27.7 Å². The van der Waals surface area contributed by atoms with Gasteiger partial charge in [-0.15, -0.1) is 0 Å². The van der Waals surface area contributed by atoms with E-state index in [1.54, 1.807) is 0 Å². The summed E-state index contributed by atoms with van der Waals surface area (Å²) in [5, 5.41) is 0. The Morgan fingerprint density at radius 3 is 1.90 bits per heavy atom. The summed E-state index contributed by atoms with van der Waals surface area (Å²) in [6.07, 6.45) is 5.70. The SMILES string of the molecule is CCCC(C)C(CC)C(=O)OC(=O)C(C)CC(CC)CC. The first-order valence-corrected chi connectivity index (χ1v) is 8.66. The van der Waals surface area contributed by atoms with Crippen LogP contribution in [0.15, 0.2) is 0 Å². The Kier molecular flexibility index (Phi) is 10.4. The first kappa shape index (κ1) is 20.1. The molecule has 0 spiro atoms. The molecule has 0 aliphatic heterocycles. The van der Waals surface area contributed by atoms with Crippen LogP contribution in [0.4, 0.5) is 0 Å². The fourth-order valence-corrected chi connectivity index (χ4v) is 2.95. The first-order chi connectivity index (χ1) is 9.90. The van der Waals surface area contributed by atoms with Gasteiger partial charge in [0.1, 0.15) is 0 Å². The Labute approximate surface area is 130 Å². The van der Waals surface area contributed by atoms with Crippen LogP contribution in [0.5, 0.6) is 0 Å². The van der Waals surface area contributed by atoms with Crippen LogP contribution in [0.1, 0.15) is 80.1 Å². The third-order valence-electron chi connectivity index (χ3n) is 4.62. The summed E-state index contributed by atoms with van der Waals surface area (Å²) in [6, 6.07) is 0. The normalized spacial score (nSPS) is 15.6. The molecule has 0 aliphatic carbocycles. The summed E-state index contributed by atoms with van der Waals surface area (Å²) in [6.45, 7) is 12.3. The van der Waals surface area contributed by atoms with E-state index < -0.39 is 0 Å². The van der Waals surface area contributed by atoms with E-state index in [0.29, 0.717) is 5.92 Å². The van der Waals surface area contributed by atoms with Gasteiger partial charge in [0, 0.05) is 0 Å². The molecule has 0 aromatic heterocycles. The number of ether oxygens (including phenoxy) is 1. The van der Waals surface area contributed by atoms with E-state index >= 15 is 0 Å². The third-order valence-corrected chi connectivity index (χ3v) is 4.62. The monoisotopic (exact) mass is 298 g/mol. The zero-order valence-electron chi connectivity index (χ0n) is 14.8. The van der Waals surface area contributed by atoms with Crippen LogP contribution in [0.25, 0.3) is 0 Å². The molecule has 0 aromatic rings. The molecule has 3 atom stereocenters. The van der Waals surface area contributed by atoms with Gasteiger partial charge in [-0.25, -0.2) is 0 Å². The average Bonchev–Trinajstić information content (AvgIpc) is 2.45. The molecule has 0 rings (SSSR count). The van der Waals surface area contributed by atoms with Gasteiger partial charge in [0.2, 0.25) is 0 Å². The molecular formula is C18H34O3. The Balaban J connectivity index is 4.50. The van der Waals surface area contributed by atoms with Crippen molar-refractivity contribution in [3.63, 3.8) is 0 Å². The minimum atomic E-state index is -0.353. The average molecular weight is 298 g/mol.